The quantitative estimate of drug-likeness (QED) is 0.609. The molecule has 0 aromatic heterocycles. The average Bonchev–Trinajstić information content (AvgIpc) is 1.65. The van der Waals surface area contributed by atoms with Gasteiger partial charge in [-0.15, -0.1) is 0 Å². The topological polar surface area (TPSA) is 0 Å². The van der Waals surface area contributed by atoms with Gasteiger partial charge in [0.05, 0.1) is 0 Å². The average molecular weight is 216 g/mol. The van der Waals surface area contributed by atoms with Crippen LogP contribution in [0.15, 0.2) is 0 Å². The molecule has 2 heteroatoms. The Hall–Kier alpha value is 1.04. The molecule has 0 N–H and O–H groups in total. The summed E-state index contributed by atoms with van der Waals surface area (Å²) in [4.78, 5) is 0. The van der Waals surface area contributed by atoms with Crippen molar-refractivity contribution >= 4 is 29.9 Å². The van der Waals surface area contributed by atoms with Crippen molar-refractivity contribution in [3.63, 3.8) is 0 Å². The molecule has 0 heterocycles. The summed E-state index contributed by atoms with van der Waals surface area (Å²) in [6.07, 6.45) is 0. The van der Waals surface area contributed by atoms with Crippen LogP contribution in [0.25, 0.3) is 0 Å². The Balaban J connectivity index is 2.75. The van der Waals surface area contributed by atoms with E-state index in [2.05, 4.69) is 18.6 Å². The van der Waals surface area contributed by atoms with E-state index in [-0.39, 0.29) is 0 Å². The van der Waals surface area contributed by atoms with E-state index in [9.17, 15) is 0 Å². The SMILES string of the molecule is C[Se]C(C)[Se]C. The maximum absolute atomic E-state index is 2.33. The zero-order valence-electron chi connectivity index (χ0n) is 4.39. The Morgan fingerprint density at radius 3 is 1.50 bits per heavy atom. The Bertz CT molecular complexity index is 24.7. The Morgan fingerprint density at radius 1 is 1.17 bits per heavy atom. The summed E-state index contributed by atoms with van der Waals surface area (Å²) in [7, 11) is 0. The van der Waals surface area contributed by atoms with Gasteiger partial charge >= 0.3 is 52.2 Å². The molecule has 0 atom stereocenters. The minimum absolute atomic E-state index is 0.911. The summed E-state index contributed by atoms with van der Waals surface area (Å²) >= 11 is 1.82. The standard InChI is InChI=1S/C4H10Se2/c1-4(5-2)6-3/h4H,1-3H3. The molecule has 0 unspecified atom stereocenters. The van der Waals surface area contributed by atoms with Crippen molar-refractivity contribution in [3.05, 3.63) is 0 Å². The predicted octanol–water partition coefficient (Wildman–Crippen LogP) is 1.26. The van der Waals surface area contributed by atoms with Gasteiger partial charge in [-0.25, -0.2) is 0 Å². The fourth-order valence-electron chi connectivity index (χ4n) is 0.0962. The molecule has 0 saturated heterocycles. The zero-order chi connectivity index (χ0) is 4.99. The third-order valence-corrected chi connectivity index (χ3v) is 7.65. The molecule has 0 nitrogen and oxygen atoms in total. The molecule has 6 heavy (non-hydrogen) atoms. The van der Waals surface area contributed by atoms with Gasteiger partial charge < -0.3 is 0 Å². The van der Waals surface area contributed by atoms with E-state index in [1.807, 2.05) is 0 Å². The van der Waals surface area contributed by atoms with Gasteiger partial charge in [0, 0.05) is 0 Å². The van der Waals surface area contributed by atoms with Crippen LogP contribution in [0.4, 0.5) is 0 Å². The van der Waals surface area contributed by atoms with E-state index in [0.29, 0.717) is 0 Å². The first-order valence-corrected chi connectivity index (χ1v) is 7.27. The van der Waals surface area contributed by atoms with Crippen LogP contribution in [-0.4, -0.2) is 29.9 Å². The van der Waals surface area contributed by atoms with Crippen molar-refractivity contribution in [1.29, 1.82) is 0 Å². The van der Waals surface area contributed by atoms with Gasteiger partial charge in [-0.3, -0.25) is 0 Å². The van der Waals surface area contributed by atoms with E-state index >= 15 is 0 Å². The van der Waals surface area contributed by atoms with Crippen molar-refractivity contribution in [1.82, 2.24) is 0 Å². The van der Waals surface area contributed by atoms with E-state index in [0.717, 1.165) is 33.6 Å². The summed E-state index contributed by atoms with van der Waals surface area (Å²) in [5.41, 5.74) is 0. The molecular weight excluding hydrogens is 206 g/mol. The van der Waals surface area contributed by atoms with Crippen LogP contribution in [0.5, 0.6) is 0 Å². The van der Waals surface area contributed by atoms with Crippen LogP contribution in [0.1, 0.15) is 6.92 Å². The van der Waals surface area contributed by atoms with Gasteiger partial charge in [-0.05, 0) is 0 Å². The first kappa shape index (κ1) is 7.04. The summed E-state index contributed by atoms with van der Waals surface area (Å²) < 4.78 is 1.06. The van der Waals surface area contributed by atoms with Gasteiger partial charge in [0.25, 0.3) is 0 Å². The predicted molar refractivity (Wildman–Crippen MR) is 32.7 cm³/mol. The monoisotopic (exact) mass is 218 g/mol. The Kier molecular flexibility index (Phi) is 4.93. The molecule has 0 fully saturated rings. The normalized spacial score (nSPS) is 10.0. The number of rotatable bonds is 2. The first-order valence-electron chi connectivity index (χ1n) is 1.87. The van der Waals surface area contributed by atoms with Gasteiger partial charge in [-0.2, -0.15) is 0 Å². The molecule has 0 radical (unpaired) electrons. The van der Waals surface area contributed by atoms with Crippen molar-refractivity contribution in [2.24, 2.45) is 0 Å². The molecule has 0 spiro atoms. The molecule has 0 bridgehead atoms. The molecule has 0 aliphatic carbocycles. The summed E-state index contributed by atoms with van der Waals surface area (Å²) in [6.45, 7) is 2.33. The van der Waals surface area contributed by atoms with E-state index in [1.165, 1.54) is 0 Å². The summed E-state index contributed by atoms with van der Waals surface area (Å²) in [5, 5.41) is 0. The fourth-order valence-corrected chi connectivity index (χ4v) is 2.60. The molecule has 0 amide bonds. The molecule has 0 rings (SSSR count). The molecule has 0 aliphatic heterocycles. The zero-order valence-corrected chi connectivity index (χ0v) is 7.82. The van der Waals surface area contributed by atoms with E-state index in [4.69, 9.17) is 0 Å². The van der Waals surface area contributed by atoms with Gasteiger partial charge in [0.2, 0.25) is 0 Å². The van der Waals surface area contributed by atoms with Crippen LogP contribution < -0.4 is 0 Å². The van der Waals surface area contributed by atoms with E-state index in [1.54, 1.807) is 0 Å². The van der Waals surface area contributed by atoms with Crippen molar-refractivity contribution in [3.8, 4) is 0 Å². The fraction of sp³-hybridized carbons (Fsp3) is 1.00. The summed E-state index contributed by atoms with van der Waals surface area (Å²) in [6, 6.07) is 0. The molecule has 0 saturated carbocycles. The van der Waals surface area contributed by atoms with Crippen molar-refractivity contribution in [2.45, 2.75) is 22.3 Å². The third kappa shape index (κ3) is 3.24. The second-order valence-electron chi connectivity index (χ2n) is 1.04. The maximum atomic E-state index is 2.33. The van der Waals surface area contributed by atoms with E-state index < -0.39 is 0 Å². The second-order valence-corrected chi connectivity index (χ2v) is 7.50. The molecule has 0 aliphatic rings. The molecule has 0 aromatic carbocycles. The van der Waals surface area contributed by atoms with Gasteiger partial charge in [0.15, 0.2) is 0 Å². The summed E-state index contributed by atoms with van der Waals surface area (Å²) in [5.74, 6) is 4.62. The minimum atomic E-state index is 0.911. The van der Waals surface area contributed by atoms with Gasteiger partial charge in [0.1, 0.15) is 0 Å². The molecule has 38 valence electrons. The number of hydrogen-bond acceptors (Lipinski definition) is 0. The van der Waals surface area contributed by atoms with Crippen molar-refractivity contribution < 1.29 is 0 Å². The van der Waals surface area contributed by atoms with Crippen LogP contribution in [0.2, 0.25) is 15.4 Å². The van der Waals surface area contributed by atoms with Gasteiger partial charge in [-0.1, -0.05) is 0 Å². The molecular formula is C4H10Se2. The van der Waals surface area contributed by atoms with Crippen LogP contribution in [0.3, 0.4) is 0 Å². The van der Waals surface area contributed by atoms with Crippen LogP contribution in [-0.2, 0) is 0 Å². The van der Waals surface area contributed by atoms with Crippen LogP contribution >= 0.6 is 0 Å². The number of hydrogen-bond donors (Lipinski definition) is 0. The van der Waals surface area contributed by atoms with Crippen molar-refractivity contribution in [2.75, 3.05) is 0 Å². The Morgan fingerprint density at radius 2 is 1.50 bits per heavy atom. The first-order chi connectivity index (χ1) is 2.81. The second kappa shape index (κ2) is 4.20. The third-order valence-electron chi connectivity index (χ3n) is 0.664. The molecule has 0 aromatic rings. The Labute approximate surface area is 52.4 Å². The van der Waals surface area contributed by atoms with Crippen LogP contribution in [0, 0.1) is 0 Å².